The normalized spacial score (nSPS) is 22.8. The number of benzene rings is 1. The van der Waals surface area contributed by atoms with E-state index in [-0.39, 0.29) is 11.7 Å². The summed E-state index contributed by atoms with van der Waals surface area (Å²) in [6.07, 6.45) is 1.21. The van der Waals surface area contributed by atoms with E-state index in [1.165, 1.54) is 7.11 Å². The second-order valence-corrected chi connectivity index (χ2v) is 8.66. The van der Waals surface area contributed by atoms with Gasteiger partial charge in [-0.15, -0.1) is 0 Å². The fourth-order valence-electron chi connectivity index (χ4n) is 4.52. The van der Waals surface area contributed by atoms with Gasteiger partial charge in [0.2, 0.25) is 0 Å². The quantitative estimate of drug-likeness (QED) is 0.537. The zero-order valence-corrected chi connectivity index (χ0v) is 19.7. The van der Waals surface area contributed by atoms with Crippen molar-refractivity contribution in [2.75, 3.05) is 32.7 Å². The standard InChI is InChI=1S/C25H32N2O5/c1-7-12-32-25(30)20-15(3)26-18-13-14(2)19(24(29)31-6)23(28)22(18)21(20)16-8-10-17(11-9-16)27(4)5/h8-11,14,19,21,26H,7,12-13H2,1-6H3/t14-,19+,21+/m0/s1. The predicted molar refractivity (Wildman–Crippen MR) is 122 cm³/mol. The molecule has 3 atom stereocenters. The molecule has 1 aromatic carbocycles. The van der Waals surface area contributed by atoms with E-state index in [1.54, 1.807) is 0 Å². The van der Waals surface area contributed by atoms with Crippen LogP contribution < -0.4 is 10.2 Å². The second kappa shape index (κ2) is 9.59. The highest BCUT2D eigenvalue weighted by Gasteiger charge is 2.47. The van der Waals surface area contributed by atoms with Gasteiger partial charge in [0.05, 0.1) is 19.3 Å². The van der Waals surface area contributed by atoms with Crippen molar-refractivity contribution in [2.45, 2.75) is 39.5 Å². The van der Waals surface area contributed by atoms with Crippen LogP contribution in [0.3, 0.4) is 0 Å². The van der Waals surface area contributed by atoms with Crippen molar-refractivity contribution in [3.8, 4) is 0 Å². The van der Waals surface area contributed by atoms with Crippen LogP contribution >= 0.6 is 0 Å². The van der Waals surface area contributed by atoms with E-state index >= 15 is 0 Å². The molecule has 0 unspecified atom stereocenters. The van der Waals surface area contributed by atoms with Crippen molar-refractivity contribution in [2.24, 2.45) is 11.8 Å². The molecule has 0 aromatic heterocycles. The van der Waals surface area contributed by atoms with Gasteiger partial charge < -0.3 is 19.7 Å². The van der Waals surface area contributed by atoms with Crippen LogP contribution in [0.4, 0.5) is 5.69 Å². The van der Waals surface area contributed by atoms with Gasteiger partial charge in [-0.1, -0.05) is 26.0 Å². The highest BCUT2D eigenvalue weighted by molar-refractivity contribution is 6.12. The summed E-state index contributed by atoms with van der Waals surface area (Å²) in [6.45, 7) is 5.92. The maximum Gasteiger partial charge on any atom is 0.336 e. The van der Waals surface area contributed by atoms with E-state index in [4.69, 9.17) is 9.47 Å². The van der Waals surface area contributed by atoms with Crippen LogP contribution in [-0.4, -0.2) is 45.5 Å². The van der Waals surface area contributed by atoms with Crippen LogP contribution in [0, 0.1) is 11.8 Å². The summed E-state index contributed by atoms with van der Waals surface area (Å²) in [5.41, 5.74) is 4.09. The predicted octanol–water partition coefficient (Wildman–Crippen LogP) is 3.32. The zero-order valence-electron chi connectivity index (χ0n) is 19.7. The number of carbonyl (C=O) groups is 3. The Morgan fingerprint density at radius 3 is 2.41 bits per heavy atom. The SMILES string of the molecule is CCCOC(=O)C1=C(C)NC2=C(C(=O)[C@H](C(=O)OC)[C@@H](C)C2)[C@@H]1c1ccc(N(C)C)cc1. The number of nitrogens with zero attached hydrogens (tertiary/aromatic N) is 1. The molecule has 1 aromatic rings. The number of dihydropyridines is 1. The first-order valence-electron chi connectivity index (χ1n) is 11.0. The Bertz CT molecular complexity index is 975. The number of rotatable bonds is 6. The van der Waals surface area contributed by atoms with Crippen molar-refractivity contribution in [3.05, 3.63) is 52.4 Å². The molecule has 3 rings (SSSR count). The van der Waals surface area contributed by atoms with Crippen LogP contribution in [0.25, 0.3) is 0 Å². The third-order valence-corrected chi connectivity index (χ3v) is 6.14. The van der Waals surface area contributed by atoms with Gasteiger partial charge >= 0.3 is 11.9 Å². The number of allylic oxidation sites excluding steroid dienone is 3. The summed E-state index contributed by atoms with van der Waals surface area (Å²) in [5, 5.41) is 3.27. The van der Waals surface area contributed by atoms with Crippen molar-refractivity contribution < 1.29 is 23.9 Å². The second-order valence-electron chi connectivity index (χ2n) is 8.66. The van der Waals surface area contributed by atoms with Gasteiger partial charge in [-0.25, -0.2) is 4.79 Å². The number of carbonyl (C=O) groups excluding carboxylic acids is 3. The zero-order chi connectivity index (χ0) is 23.6. The maximum absolute atomic E-state index is 13.6. The number of anilines is 1. The topological polar surface area (TPSA) is 84.9 Å². The van der Waals surface area contributed by atoms with Crippen LogP contribution in [0.5, 0.6) is 0 Å². The largest absolute Gasteiger partial charge is 0.468 e. The van der Waals surface area contributed by atoms with Crippen LogP contribution in [0.2, 0.25) is 0 Å². The highest BCUT2D eigenvalue weighted by Crippen LogP contribution is 2.45. The lowest BCUT2D eigenvalue weighted by Crippen LogP contribution is -2.43. The lowest BCUT2D eigenvalue weighted by Gasteiger charge is -2.38. The Balaban J connectivity index is 2.15. The van der Waals surface area contributed by atoms with Crippen LogP contribution in [0.15, 0.2) is 46.8 Å². The van der Waals surface area contributed by atoms with E-state index in [2.05, 4.69) is 5.32 Å². The lowest BCUT2D eigenvalue weighted by atomic mass is 9.69. The molecule has 2 aliphatic rings. The molecule has 0 spiro atoms. The molecule has 0 fully saturated rings. The minimum Gasteiger partial charge on any atom is -0.468 e. The fraction of sp³-hybridized carbons (Fsp3) is 0.480. The molecule has 1 aliphatic heterocycles. The van der Waals surface area contributed by atoms with Gasteiger partial charge in [0.1, 0.15) is 5.92 Å². The Morgan fingerprint density at radius 2 is 1.84 bits per heavy atom. The average Bonchev–Trinajstić information content (AvgIpc) is 2.76. The Morgan fingerprint density at radius 1 is 1.19 bits per heavy atom. The molecule has 0 saturated heterocycles. The number of Topliss-reactive ketones (excluding diaryl/α,β-unsaturated/α-hetero) is 1. The number of ether oxygens (including phenoxy) is 2. The van der Waals surface area contributed by atoms with Gasteiger partial charge in [-0.2, -0.15) is 0 Å². The monoisotopic (exact) mass is 440 g/mol. The highest BCUT2D eigenvalue weighted by atomic mass is 16.5. The fourth-order valence-corrected chi connectivity index (χ4v) is 4.52. The lowest BCUT2D eigenvalue weighted by molar-refractivity contribution is -0.151. The first-order valence-corrected chi connectivity index (χ1v) is 11.0. The molecule has 0 saturated carbocycles. The number of ketones is 1. The van der Waals surface area contributed by atoms with Crippen LogP contribution in [-0.2, 0) is 23.9 Å². The van der Waals surface area contributed by atoms with Crippen LogP contribution in [0.1, 0.15) is 45.1 Å². The van der Waals surface area contributed by atoms with Crippen molar-refractivity contribution >= 4 is 23.4 Å². The summed E-state index contributed by atoms with van der Waals surface area (Å²) >= 11 is 0. The number of hydrogen-bond acceptors (Lipinski definition) is 7. The Hall–Kier alpha value is -3.09. The summed E-state index contributed by atoms with van der Waals surface area (Å²) in [4.78, 5) is 41.2. The minimum atomic E-state index is -0.893. The Labute approximate surface area is 189 Å². The van der Waals surface area contributed by atoms with Crippen molar-refractivity contribution in [3.63, 3.8) is 0 Å². The van der Waals surface area contributed by atoms with E-state index in [1.807, 2.05) is 64.0 Å². The van der Waals surface area contributed by atoms with Gasteiger partial charge in [0, 0.05) is 42.7 Å². The molecule has 0 radical (unpaired) electrons. The smallest absolute Gasteiger partial charge is 0.336 e. The molecule has 0 amide bonds. The number of hydrogen-bond donors (Lipinski definition) is 1. The van der Waals surface area contributed by atoms with E-state index in [0.29, 0.717) is 36.3 Å². The molecule has 172 valence electrons. The maximum atomic E-state index is 13.6. The minimum absolute atomic E-state index is 0.209. The third-order valence-electron chi connectivity index (χ3n) is 6.14. The van der Waals surface area contributed by atoms with Crippen molar-refractivity contribution in [1.82, 2.24) is 5.32 Å². The van der Waals surface area contributed by atoms with E-state index in [0.717, 1.165) is 16.9 Å². The average molecular weight is 441 g/mol. The van der Waals surface area contributed by atoms with Gasteiger partial charge in [-0.3, -0.25) is 9.59 Å². The summed E-state index contributed by atoms with van der Waals surface area (Å²) in [7, 11) is 5.19. The summed E-state index contributed by atoms with van der Waals surface area (Å²) < 4.78 is 10.4. The molecular formula is C25H32N2O5. The summed E-state index contributed by atoms with van der Waals surface area (Å²) in [6, 6.07) is 7.76. The molecule has 1 heterocycles. The molecule has 32 heavy (non-hydrogen) atoms. The van der Waals surface area contributed by atoms with Gasteiger partial charge in [0.25, 0.3) is 0 Å². The van der Waals surface area contributed by atoms with Crippen molar-refractivity contribution in [1.29, 1.82) is 0 Å². The first-order chi connectivity index (χ1) is 15.2. The number of esters is 2. The van der Waals surface area contributed by atoms with Gasteiger partial charge in [-0.05, 0) is 43.4 Å². The molecule has 7 nitrogen and oxygen atoms in total. The van der Waals surface area contributed by atoms with E-state index < -0.39 is 23.8 Å². The molecular weight excluding hydrogens is 408 g/mol. The first kappa shape index (κ1) is 23.6. The van der Waals surface area contributed by atoms with E-state index in [9.17, 15) is 14.4 Å². The van der Waals surface area contributed by atoms with Gasteiger partial charge in [0.15, 0.2) is 5.78 Å². The molecule has 0 bridgehead atoms. The third kappa shape index (κ3) is 4.29. The summed E-state index contributed by atoms with van der Waals surface area (Å²) in [5.74, 6) is -3.01. The molecule has 1 N–H and O–H groups in total. The molecule has 7 heteroatoms. The number of nitrogens with one attached hydrogen (secondary N) is 1. The Kier molecular flexibility index (Phi) is 7.06. The molecule has 1 aliphatic carbocycles. The number of methoxy groups -OCH3 is 1.